The van der Waals surface area contributed by atoms with Crippen molar-refractivity contribution in [3.63, 3.8) is 0 Å². The first-order valence-electron chi connectivity index (χ1n) is 9.19. The van der Waals surface area contributed by atoms with E-state index >= 15 is 0 Å². The molecule has 152 valence electrons. The number of hydrazine groups is 1. The number of piperazine rings is 1. The van der Waals surface area contributed by atoms with Crippen LogP contribution in [-0.2, 0) is 13.1 Å². The highest BCUT2D eigenvalue weighted by Crippen LogP contribution is 2.25. The maximum absolute atomic E-state index is 9.60. The van der Waals surface area contributed by atoms with E-state index in [9.17, 15) is 5.26 Å². The summed E-state index contributed by atoms with van der Waals surface area (Å²) >= 11 is 16.9. The number of thiocarbonyl (C=S) groups is 1. The quantitative estimate of drug-likeness (QED) is 0.462. The maximum atomic E-state index is 9.60. The summed E-state index contributed by atoms with van der Waals surface area (Å²) in [6, 6.07) is 14.0. The molecule has 1 heterocycles. The van der Waals surface area contributed by atoms with E-state index in [2.05, 4.69) is 26.7 Å². The van der Waals surface area contributed by atoms with E-state index < -0.39 is 0 Å². The van der Waals surface area contributed by atoms with Crippen molar-refractivity contribution in [3.05, 3.63) is 63.1 Å². The fourth-order valence-corrected chi connectivity index (χ4v) is 3.73. The second-order valence-electron chi connectivity index (χ2n) is 6.82. The molecule has 2 aromatic rings. The Kier molecular flexibility index (Phi) is 7.53. The predicted molar refractivity (Wildman–Crippen MR) is 122 cm³/mol. The lowest BCUT2D eigenvalue weighted by Gasteiger charge is -2.36. The van der Waals surface area contributed by atoms with Crippen molar-refractivity contribution in [2.45, 2.75) is 13.1 Å². The van der Waals surface area contributed by atoms with Crippen molar-refractivity contribution in [1.29, 1.82) is 5.26 Å². The van der Waals surface area contributed by atoms with Crippen LogP contribution in [0.15, 0.2) is 36.4 Å². The summed E-state index contributed by atoms with van der Waals surface area (Å²) in [5.41, 5.74) is 14.8. The monoisotopic (exact) mass is 448 g/mol. The number of anilines is 1. The summed E-state index contributed by atoms with van der Waals surface area (Å²) in [7, 11) is 0. The molecule has 0 radical (unpaired) electrons. The Bertz CT molecular complexity index is 922. The van der Waals surface area contributed by atoms with Crippen LogP contribution in [0.4, 0.5) is 5.69 Å². The molecular weight excluding hydrogens is 427 g/mol. The zero-order valence-electron chi connectivity index (χ0n) is 15.8. The molecule has 2 aromatic carbocycles. The summed E-state index contributed by atoms with van der Waals surface area (Å²) in [4.78, 5) is 4.64. The van der Waals surface area contributed by atoms with Crippen molar-refractivity contribution < 1.29 is 0 Å². The van der Waals surface area contributed by atoms with Gasteiger partial charge >= 0.3 is 0 Å². The van der Waals surface area contributed by atoms with E-state index in [0.29, 0.717) is 22.2 Å². The van der Waals surface area contributed by atoms with E-state index in [1.807, 2.05) is 36.4 Å². The SMILES string of the molecule is N#Cc1cc(CNNC(N)=S)ccc1N1CCN(Cc2ccc(Cl)c(Cl)c2)CC1. The highest BCUT2D eigenvalue weighted by Gasteiger charge is 2.20. The number of halogens is 2. The summed E-state index contributed by atoms with van der Waals surface area (Å²) in [5, 5.41) is 10.9. The minimum atomic E-state index is 0.181. The lowest BCUT2D eigenvalue weighted by molar-refractivity contribution is 0.250. The van der Waals surface area contributed by atoms with Crippen LogP contribution < -0.4 is 21.5 Å². The van der Waals surface area contributed by atoms with Crippen LogP contribution >= 0.6 is 35.4 Å². The smallest absolute Gasteiger partial charge is 0.178 e. The van der Waals surface area contributed by atoms with E-state index in [0.717, 1.165) is 49.5 Å². The standard InChI is InChI=1S/C20H22Cl2N6S/c21-17-3-1-15(10-18(17)22)13-27-5-7-28(8-6-27)19-4-2-14(9-16(19)11-23)12-25-26-20(24)29/h1-4,9-10,25H,5-8,12-13H2,(H3,24,26,29). The van der Waals surface area contributed by atoms with Crippen LogP contribution in [0.3, 0.4) is 0 Å². The molecule has 1 aliphatic rings. The number of benzene rings is 2. The van der Waals surface area contributed by atoms with Gasteiger partial charge in [-0.15, -0.1) is 0 Å². The molecule has 4 N–H and O–H groups in total. The fraction of sp³-hybridized carbons (Fsp3) is 0.300. The topological polar surface area (TPSA) is 80.3 Å². The van der Waals surface area contributed by atoms with Crippen molar-refractivity contribution in [2.24, 2.45) is 5.73 Å². The van der Waals surface area contributed by atoms with Crippen molar-refractivity contribution in [3.8, 4) is 6.07 Å². The molecule has 9 heteroatoms. The van der Waals surface area contributed by atoms with Gasteiger partial charge in [0.2, 0.25) is 0 Å². The zero-order valence-corrected chi connectivity index (χ0v) is 18.1. The Morgan fingerprint density at radius 3 is 2.45 bits per heavy atom. The van der Waals surface area contributed by atoms with Gasteiger partial charge in [0, 0.05) is 39.3 Å². The first kappa shape index (κ1) is 21.6. The van der Waals surface area contributed by atoms with E-state index in [1.54, 1.807) is 0 Å². The molecule has 0 bridgehead atoms. The maximum Gasteiger partial charge on any atom is 0.178 e. The Morgan fingerprint density at radius 2 is 1.79 bits per heavy atom. The molecular formula is C20H22Cl2N6S. The van der Waals surface area contributed by atoms with Gasteiger partial charge < -0.3 is 10.6 Å². The molecule has 0 aliphatic carbocycles. The van der Waals surface area contributed by atoms with Crippen LogP contribution in [-0.4, -0.2) is 36.2 Å². The molecule has 1 fully saturated rings. The van der Waals surface area contributed by atoms with Gasteiger partial charge in [-0.25, -0.2) is 5.43 Å². The average molecular weight is 449 g/mol. The zero-order chi connectivity index (χ0) is 20.8. The van der Waals surface area contributed by atoms with Gasteiger partial charge in [0.1, 0.15) is 6.07 Å². The highest BCUT2D eigenvalue weighted by atomic mass is 35.5. The van der Waals surface area contributed by atoms with Gasteiger partial charge in [0.15, 0.2) is 5.11 Å². The van der Waals surface area contributed by atoms with Gasteiger partial charge in [-0.2, -0.15) is 5.26 Å². The highest BCUT2D eigenvalue weighted by molar-refractivity contribution is 7.80. The lowest BCUT2D eigenvalue weighted by Crippen LogP contribution is -2.46. The fourth-order valence-electron chi connectivity index (χ4n) is 3.33. The third-order valence-corrected chi connectivity index (χ3v) is 5.63. The number of hydrogen-bond donors (Lipinski definition) is 3. The second-order valence-corrected chi connectivity index (χ2v) is 8.07. The summed E-state index contributed by atoms with van der Waals surface area (Å²) in [6.07, 6.45) is 0. The minimum absolute atomic E-state index is 0.181. The van der Waals surface area contributed by atoms with Gasteiger partial charge in [0.05, 0.1) is 21.3 Å². The predicted octanol–water partition coefficient (Wildman–Crippen LogP) is 3.03. The summed E-state index contributed by atoms with van der Waals surface area (Å²) in [5.74, 6) is 0. The van der Waals surface area contributed by atoms with Gasteiger partial charge in [0.25, 0.3) is 0 Å². The number of nitrogens with two attached hydrogens (primary N) is 1. The molecule has 3 rings (SSSR count). The van der Waals surface area contributed by atoms with Crippen LogP contribution in [0.2, 0.25) is 10.0 Å². The minimum Gasteiger partial charge on any atom is -0.375 e. The molecule has 1 saturated heterocycles. The first-order valence-corrected chi connectivity index (χ1v) is 10.4. The molecule has 6 nitrogen and oxygen atoms in total. The van der Waals surface area contributed by atoms with Crippen LogP contribution in [0, 0.1) is 11.3 Å². The molecule has 0 spiro atoms. The van der Waals surface area contributed by atoms with Gasteiger partial charge in [-0.05, 0) is 47.6 Å². The number of nitriles is 1. The van der Waals surface area contributed by atoms with E-state index in [4.69, 9.17) is 41.2 Å². The molecule has 29 heavy (non-hydrogen) atoms. The molecule has 0 unspecified atom stereocenters. The molecule has 0 aromatic heterocycles. The summed E-state index contributed by atoms with van der Waals surface area (Å²) in [6.45, 7) is 4.88. The van der Waals surface area contributed by atoms with Crippen molar-refractivity contribution in [1.82, 2.24) is 15.8 Å². The summed E-state index contributed by atoms with van der Waals surface area (Å²) < 4.78 is 0. The molecule has 0 atom stereocenters. The Balaban J connectivity index is 1.59. The van der Waals surface area contributed by atoms with Crippen LogP contribution in [0.25, 0.3) is 0 Å². The average Bonchev–Trinajstić information content (AvgIpc) is 2.71. The van der Waals surface area contributed by atoms with Crippen molar-refractivity contribution in [2.75, 3.05) is 31.1 Å². The number of nitrogens with zero attached hydrogens (tertiary/aromatic N) is 3. The van der Waals surface area contributed by atoms with E-state index in [1.165, 1.54) is 0 Å². The van der Waals surface area contributed by atoms with Gasteiger partial charge in [-0.3, -0.25) is 10.3 Å². The first-order chi connectivity index (χ1) is 14.0. The second kappa shape index (κ2) is 10.1. The van der Waals surface area contributed by atoms with Crippen molar-refractivity contribution >= 4 is 46.2 Å². The molecule has 0 amide bonds. The van der Waals surface area contributed by atoms with Gasteiger partial charge in [-0.1, -0.05) is 35.3 Å². The van der Waals surface area contributed by atoms with Crippen LogP contribution in [0.5, 0.6) is 0 Å². The number of hydrogen-bond acceptors (Lipinski definition) is 5. The molecule has 0 saturated carbocycles. The van der Waals surface area contributed by atoms with E-state index in [-0.39, 0.29) is 5.11 Å². The largest absolute Gasteiger partial charge is 0.375 e. The van der Waals surface area contributed by atoms with Crippen LogP contribution in [0.1, 0.15) is 16.7 Å². The normalized spacial score (nSPS) is 14.4. The Morgan fingerprint density at radius 1 is 1.07 bits per heavy atom. The number of rotatable bonds is 6. The Labute approximate surface area is 186 Å². The third kappa shape index (κ3) is 5.95. The third-order valence-electron chi connectivity index (χ3n) is 4.79. The number of nitrogens with one attached hydrogen (secondary N) is 2. The lowest BCUT2D eigenvalue weighted by atomic mass is 10.1. The Hall–Kier alpha value is -2.08. The molecule has 1 aliphatic heterocycles.